The van der Waals surface area contributed by atoms with Crippen molar-refractivity contribution in [2.45, 2.75) is 44.9 Å². The molecule has 0 heterocycles. The SMILES string of the molecule is C[Si](C)(C)C[C@@H]1C(=O)[C@H]2CC[C@@H]1C2. The molecule has 1 nitrogen and oxygen atoms in total. The molecule has 13 heavy (non-hydrogen) atoms. The maximum Gasteiger partial charge on any atom is 0.139 e. The Kier molecular flexibility index (Phi) is 2.14. The van der Waals surface area contributed by atoms with Gasteiger partial charge in [-0.2, -0.15) is 0 Å². The van der Waals surface area contributed by atoms with E-state index in [1.807, 2.05) is 0 Å². The zero-order valence-electron chi connectivity index (χ0n) is 8.97. The Morgan fingerprint density at radius 2 is 2.00 bits per heavy atom. The van der Waals surface area contributed by atoms with Crippen LogP contribution in [0.2, 0.25) is 25.7 Å². The quantitative estimate of drug-likeness (QED) is 0.621. The van der Waals surface area contributed by atoms with Gasteiger partial charge in [-0.3, -0.25) is 4.79 Å². The molecule has 2 bridgehead atoms. The Labute approximate surface area is 81.9 Å². The fourth-order valence-corrected chi connectivity index (χ4v) is 4.96. The molecule has 2 rings (SSSR count). The fourth-order valence-electron chi connectivity index (χ4n) is 3.10. The molecule has 0 saturated heterocycles. The molecule has 0 amide bonds. The molecule has 74 valence electrons. The van der Waals surface area contributed by atoms with Gasteiger partial charge in [-0.25, -0.2) is 0 Å². The van der Waals surface area contributed by atoms with Crippen LogP contribution in [0, 0.1) is 17.8 Å². The summed E-state index contributed by atoms with van der Waals surface area (Å²) in [5, 5.41) is 0. The first-order valence-electron chi connectivity index (χ1n) is 5.51. The van der Waals surface area contributed by atoms with E-state index in [0.717, 1.165) is 5.92 Å². The number of carbonyl (C=O) groups is 1. The van der Waals surface area contributed by atoms with Crippen molar-refractivity contribution in [3.05, 3.63) is 0 Å². The highest BCUT2D eigenvalue weighted by molar-refractivity contribution is 6.76. The molecule has 0 radical (unpaired) electrons. The van der Waals surface area contributed by atoms with Crippen LogP contribution in [-0.2, 0) is 4.79 Å². The molecular weight excluding hydrogens is 176 g/mol. The Bertz CT molecular complexity index is 229. The molecule has 0 N–H and O–H groups in total. The number of carbonyl (C=O) groups excluding carboxylic acids is 1. The highest BCUT2D eigenvalue weighted by atomic mass is 28.3. The van der Waals surface area contributed by atoms with Crippen LogP contribution in [0.15, 0.2) is 0 Å². The van der Waals surface area contributed by atoms with E-state index >= 15 is 0 Å². The molecule has 2 aliphatic rings. The monoisotopic (exact) mass is 196 g/mol. The first-order chi connectivity index (χ1) is 5.97. The molecule has 2 heteroatoms. The van der Waals surface area contributed by atoms with Crippen LogP contribution in [0.3, 0.4) is 0 Å². The molecule has 2 saturated carbocycles. The summed E-state index contributed by atoms with van der Waals surface area (Å²) in [6.07, 6.45) is 3.77. The molecule has 2 fully saturated rings. The van der Waals surface area contributed by atoms with Crippen LogP contribution in [0.1, 0.15) is 19.3 Å². The van der Waals surface area contributed by atoms with Gasteiger partial charge in [-0.1, -0.05) is 19.6 Å². The van der Waals surface area contributed by atoms with Gasteiger partial charge in [0.05, 0.1) is 0 Å². The lowest BCUT2D eigenvalue weighted by Crippen LogP contribution is -2.31. The lowest BCUT2D eigenvalue weighted by molar-refractivity contribution is -0.125. The maximum absolute atomic E-state index is 11.9. The summed E-state index contributed by atoms with van der Waals surface area (Å²) in [4.78, 5) is 11.9. The minimum atomic E-state index is -1.02. The number of Topliss-reactive ketones (excluding diaryl/α,β-unsaturated/α-hetero) is 1. The number of fused-ring (bicyclic) bond motifs is 2. The van der Waals surface area contributed by atoms with Crippen molar-refractivity contribution in [1.82, 2.24) is 0 Å². The van der Waals surface area contributed by atoms with Gasteiger partial charge in [0.2, 0.25) is 0 Å². The molecule has 0 spiro atoms. The van der Waals surface area contributed by atoms with Gasteiger partial charge in [0.15, 0.2) is 0 Å². The summed E-state index contributed by atoms with van der Waals surface area (Å²) in [5.41, 5.74) is 0. The summed E-state index contributed by atoms with van der Waals surface area (Å²) in [6.45, 7) is 7.14. The molecular formula is C11H20OSi. The Morgan fingerprint density at radius 1 is 1.31 bits per heavy atom. The fraction of sp³-hybridized carbons (Fsp3) is 0.909. The Hall–Kier alpha value is -0.113. The molecule has 0 aromatic rings. The van der Waals surface area contributed by atoms with E-state index in [1.165, 1.54) is 25.3 Å². The number of hydrogen-bond donors (Lipinski definition) is 0. The largest absolute Gasteiger partial charge is 0.299 e. The number of ketones is 1. The van der Waals surface area contributed by atoms with Crippen LogP contribution in [0.4, 0.5) is 0 Å². The summed E-state index contributed by atoms with van der Waals surface area (Å²) >= 11 is 0. The summed E-state index contributed by atoms with van der Waals surface area (Å²) in [5.74, 6) is 2.36. The van der Waals surface area contributed by atoms with Crippen molar-refractivity contribution in [2.24, 2.45) is 17.8 Å². The van der Waals surface area contributed by atoms with E-state index in [2.05, 4.69) is 19.6 Å². The molecule has 2 aliphatic carbocycles. The zero-order chi connectivity index (χ0) is 9.64. The zero-order valence-corrected chi connectivity index (χ0v) is 9.97. The molecule has 3 atom stereocenters. The van der Waals surface area contributed by atoms with E-state index in [0.29, 0.717) is 17.6 Å². The van der Waals surface area contributed by atoms with E-state index < -0.39 is 8.07 Å². The second-order valence-corrected chi connectivity index (χ2v) is 11.6. The van der Waals surface area contributed by atoms with E-state index in [-0.39, 0.29) is 0 Å². The minimum absolute atomic E-state index is 0.477. The average Bonchev–Trinajstić information content (AvgIpc) is 2.51. The summed E-state index contributed by atoms with van der Waals surface area (Å²) in [7, 11) is -1.02. The van der Waals surface area contributed by atoms with Crippen molar-refractivity contribution < 1.29 is 4.79 Å². The molecule has 0 aromatic heterocycles. The van der Waals surface area contributed by atoms with Crippen molar-refractivity contribution in [3.8, 4) is 0 Å². The van der Waals surface area contributed by atoms with Gasteiger partial charge < -0.3 is 0 Å². The third kappa shape index (κ3) is 1.73. The van der Waals surface area contributed by atoms with Gasteiger partial charge in [-0.15, -0.1) is 0 Å². The van der Waals surface area contributed by atoms with Gasteiger partial charge >= 0.3 is 0 Å². The summed E-state index contributed by atoms with van der Waals surface area (Å²) < 4.78 is 0. The van der Waals surface area contributed by atoms with Crippen LogP contribution in [0.5, 0.6) is 0 Å². The smallest absolute Gasteiger partial charge is 0.139 e. The van der Waals surface area contributed by atoms with Crippen molar-refractivity contribution in [1.29, 1.82) is 0 Å². The standard InChI is InChI=1S/C11H20OSi/c1-13(2,3)7-10-8-4-5-9(6-8)11(10)12/h8-10H,4-7H2,1-3H3/t8-,9+,10+/m1/s1. The van der Waals surface area contributed by atoms with Crippen LogP contribution >= 0.6 is 0 Å². The Balaban J connectivity index is 2.05. The maximum atomic E-state index is 11.9. The summed E-state index contributed by atoms with van der Waals surface area (Å²) in [6, 6.07) is 1.24. The van der Waals surface area contributed by atoms with Crippen LogP contribution in [-0.4, -0.2) is 13.9 Å². The van der Waals surface area contributed by atoms with E-state index in [1.54, 1.807) is 0 Å². The number of rotatable bonds is 2. The lowest BCUT2D eigenvalue weighted by Gasteiger charge is -2.26. The third-order valence-electron chi connectivity index (χ3n) is 3.64. The highest BCUT2D eigenvalue weighted by Gasteiger charge is 2.47. The molecule has 0 aromatic carbocycles. The molecule has 0 aliphatic heterocycles. The van der Waals surface area contributed by atoms with Crippen LogP contribution in [0.25, 0.3) is 0 Å². The van der Waals surface area contributed by atoms with E-state index in [4.69, 9.17) is 0 Å². The lowest BCUT2D eigenvalue weighted by atomic mass is 9.89. The normalized spacial score (nSPS) is 38.7. The third-order valence-corrected chi connectivity index (χ3v) is 5.31. The van der Waals surface area contributed by atoms with Crippen molar-refractivity contribution in [2.75, 3.05) is 0 Å². The van der Waals surface area contributed by atoms with Crippen molar-refractivity contribution >= 4 is 13.9 Å². The van der Waals surface area contributed by atoms with Gasteiger partial charge in [0.25, 0.3) is 0 Å². The van der Waals surface area contributed by atoms with Gasteiger partial charge in [-0.05, 0) is 31.2 Å². The predicted molar refractivity (Wildman–Crippen MR) is 57.5 cm³/mol. The second kappa shape index (κ2) is 2.94. The van der Waals surface area contributed by atoms with E-state index in [9.17, 15) is 4.79 Å². The average molecular weight is 196 g/mol. The van der Waals surface area contributed by atoms with Crippen LogP contribution < -0.4 is 0 Å². The first kappa shape index (κ1) is 9.44. The number of hydrogen-bond acceptors (Lipinski definition) is 1. The van der Waals surface area contributed by atoms with Gasteiger partial charge in [0, 0.05) is 19.9 Å². The Morgan fingerprint density at radius 3 is 2.46 bits per heavy atom. The minimum Gasteiger partial charge on any atom is -0.299 e. The van der Waals surface area contributed by atoms with Crippen molar-refractivity contribution in [3.63, 3.8) is 0 Å². The van der Waals surface area contributed by atoms with Gasteiger partial charge in [0.1, 0.15) is 5.78 Å². The predicted octanol–water partition coefficient (Wildman–Crippen LogP) is 2.94. The first-order valence-corrected chi connectivity index (χ1v) is 9.22. The molecule has 0 unspecified atom stereocenters. The second-order valence-electron chi connectivity index (χ2n) is 6.04. The topological polar surface area (TPSA) is 17.1 Å². The highest BCUT2D eigenvalue weighted by Crippen LogP contribution is 2.48.